The standard InChI is InChI=1S/C25H21NO4S/c27-25(28)21-15-13-18(14-16-21)11-12-19-5-3-8-22(17-19)26(31(29)30)24-10-4-7-20-6-1-2-9-23(20)24/h1-10,13-17H,11-12H2,(H,27,28)(H,29,30)/p-1. The van der Waals surface area contributed by atoms with E-state index < -0.39 is 17.2 Å². The SMILES string of the molecule is O=C(O)c1ccc(CCc2cccc(N(c3cccc4ccccc34)S(=O)[O-])c2)cc1. The molecule has 1 unspecified atom stereocenters. The molecule has 4 aromatic rings. The Labute approximate surface area is 183 Å². The molecule has 0 radical (unpaired) electrons. The molecule has 1 atom stereocenters. The fourth-order valence-electron chi connectivity index (χ4n) is 3.63. The van der Waals surface area contributed by atoms with Crippen LogP contribution in [0.5, 0.6) is 0 Å². The quantitative estimate of drug-likeness (QED) is 0.406. The molecule has 6 heteroatoms. The van der Waals surface area contributed by atoms with Crippen molar-refractivity contribution in [2.24, 2.45) is 0 Å². The molecule has 4 rings (SSSR count). The molecule has 4 aromatic carbocycles. The molecule has 1 N–H and O–H groups in total. The Morgan fingerprint density at radius 1 is 0.839 bits per heavy atom. The minimum Gasteiger partial charge on any atom is -0.755 e. The number of carbonyl (C=O) groups is 1. The zero-order valence-electron chi connectivity index (χ0n) is 16.6. The lowest BCUT2D eigenvalue weighted by Gasteiger charge is -2.28. The maximum Gasteiger partial charge on any atom is 0.335 e. The van der Waals surface area contributed by atoms with Crippen molar-refractivity contribution in [1.29, 1.82) is 0 Å². The number of hydrogen-bond donors (Lipinski definition) is 1. The first-order chi connectivity index (χ1) is 15.0. The molecule has 0 bridgehead atoms. The number of aromatic carboxylic acids is 1. The Bertz CT molecular complexity index is 1250. The molecule has 156 valence electrons. The number of benzene rings is 4. The molecule has 0 aliphatic carbocycles. The van der Waals surface area contributed by atoms with Crippen LogP contribution in [0, 0.1) is 0 Å². The third-order valence-corrected chi connectivity index (χ3v) is 5.89. The van der Waals surface area contributed by atoms with Crippen LogP contribution in [0.25, 0.3) is 10.8 Å². The van der Waals surface area contributed by atoms with Gasteiger partial charge in [-0.15, -0.1) is 0 Å². The largest absolute Gasteiger partial charge is 0.755 e. The van der Waals surface area contributed by atoms with E-state index in [-0.39, 0.29) is 5.56 Å². The van der Waals surface area contributed by atoms with Gasteiger partial charge in [0.15, 0.2) is 0 Å². The maximum atomic E-state index is 12.2. The van der Waals surface area contributed by atoms with Gasteiger partial charge in [-0.3, -0.25) is 8.51 Å². The van der Waals surface area contributed by atoms with Gasteiger partial charge in [0.25, 0.3) is 0 Å². The number of hydrogen-bond acceptors (Lipinski definition) is 3. The van der Waals surface area contributed by atoms with Crippen LogP contribution in [0.2, 0.25) is 0 Å². The van der Waals surface area contributed by atoms with Crippen molar-refractivity contribution in [3.63, 3.8) is 0 Å². The van der Waals surface area contributed by atoms with Crippen molar-refractivity contribution in [1.82, 2.24) is 0 Å². The van der Waals surface area contributed by atoms with E-state index in [9.17, 15) is 13.6 Å². The number of carboxylic acid groups (broad SMARTS) is 1. The van der Waals surface area contributed by atoms with Crippen LogP contribution in [0.15, 0.2) is 91.0 Å². The average Bonchev–Trinajstić information content (AvgIpc) is 2.78. The van der Waals surface area contributed by atoms with Gasteiger partial charge in [0.2, 0.25) is 0 Å². The topological polar surface area (TPSA) is 80.7 Å². The summed E-state index contributed by atoms with van der Waals surface area (Å²) in [5.41, 5.74) is 3.45. The monoisotopic (exact) mass is 430 g/mol. The Kier molecular flexibility index (Phi) is 6.11. The third kappa shape index (κ3) is 4.66. The smallest absolute Gasteiger partial charge is 0.335 e. The maximum absolute atomic E-state index is 12.2. The van der Waals surface area contributed by atoms with Crippen molar-refractivity contribution in [3.8, 4) is 0 Å². The minimum atomic E-state index is -2.49. The molecule has 0 aliphatic heterocycles. The number of carboxylic acids is 1. The fraction of sp³-hybridized carbons (Fsp3) is 0.0800. The van der Waals surface area contributed by atoms with Gasteiger partial charge in [-0.05, 0) is 59.7 Å². The summed E-state index contributed by atoms with van der Waals surface area (Å²) in [7, 11) is 0. The molecular formula is C25H20NO4S-. The molecule has 5 nitrogen and oxygen atoms in total. The van der Waals surface area contributed by atoms with Crippen LogP contribution in [0.1, 0.15) is 21.5 Å². The highest BCUT2D eigenvalue weighted by atomic mass is 32.2. The second-order valence-corrected chi connectivity index (χ2v) is 7.98. The fourth-order valence-corrected chi connectivity index (χ4v) is 4.24. The van der Waals surface area contributed by atoms with Crippen molar-refractivity contribution in [2.75, 3.05) is 4.31 Å². The summed E-state index contributed by atoms with van der Waals surface area (Å²) in [5.74, 6) is -0.946. The van der Waals surface area contributed by atoms with Crippen LogP contribution >= 0.6 is 0 Å². The van der Waals surface area contributed by atoms with E-state index in [4.69, 9.17) is 5.11 Å². The minimum absolute atomic E-state index is 0.259. The molecule has 0 aromatic heterocycles. The van der Waals surface area contributed by atoms with Crippen LogP contribution in [-0.4, -0.2) is 19.8 Å². The number of rotatable bonds is 7. The van der Waals surface area contributed by atoms with Gasteiger partial charge in [0.05, 0.1) is 28.2 Å². The normalized spacial score (nSPS) is 11.9. The van der Waals surface area contributed by atoms with Crippen LogP contribution in [0.3, 0.4) is 0 Å². The predicted molar refractivity (Wildman–Crippen MR) is 122 cm³/mol. The van der Waals surface area contributed by atoms with E-state index >= 15 is 0 Å². The molecule has 31 heavy (non-hydrogen) atoms. The predicted octanol–water partition coefficient (Wildman–Crippen LogP) is 5.26. The first-order valence-electron chi connectivity index (χ1n) is 9.81. The first-order valence-corrected chi connectivity index (χ1v) is 10.8. The van der Waals surface area contributed by atoms with Gasteiger partial charge in [-0.1, -0.05) is 60.7 Å². The Morgan fingerprint density at radius 2 is 1.52 bits per heavy atom. The second kappa shape index (κ2) is 9.12. The zero-order valence-corrected chi connectivity index (χ0v) is 17.4. The molecule has 0 aliphatic rings. The molecular weight excluding hydrogens is 410 g/mol. The van der Waals surface area contributed by atoms with E-state index in [1.165, 1.54) is 4.31 Å². The third-order valence-electron chi connectivity index (χ3n) is 5.18. The lowest BCUT2D eigenvalue weighted by atomic mass is 10.0. The van der Waals surface area contributed by atoms with Gasteiger partial charge in [-0.25, -0.2) is 4.79 Å². The summed E-state index contributed by atoms with van der Waals surface area (Å²) >= 11 is -2.49. The summed E-state index contributed by atoms with van der Waals surface area (Å²) in [5, 5.41) is 10.8. The highest BCUT2D eigenvalue weighted by molar-refractivity contribution is 7.81. The molecule has 0 spiro atoms. The summed E-state index contributed by atoms with van der Waals surface area (Å²) in [6.07, 6.45) is 1.42. The van der Waals surface area contributed by atoms with Gasteiger partial charge >= 0.3 is 5.97 Å². The highest BCUT2D eigenvalue weighted by Crippen LogP contribution is 2.33. The molecule has 0 amide bonds. The zero-order chi connectivity index (χ0) is 21.8. The van der Waals surface area contributed by atoms with Gasteiger partial charge in [0.1, 0.15) is 0 Å². The van der Waals surface area contributed by atoms with E-state index in [2.05, 4.69) is 0 Å². The van der Waals surface area contributed by atoms with Crippen molar-refractivity contribution < 1.29 is 18.7 Å². The number of fused-ring (bicyclic) bond motifs is 1. The number of anilines is 2. The lowest BCUT2D eigenvalue weighted by molar-refractivity contribution is 0.0697. The van der Waals surface area contributed by atoms with E-state index in [0.717, 1.165) is 28.3 Å². The molecule has 0 saturated carbocycles. The van der Waals surface area contributed by atoms with Gasteiger partial charge in [0, 0.05) is 5.39 Å². The molecule has 0 saturated heterocycles. The summed E-state index contributed by atoms with van der Waals surface area (Å²) in [6.45, 7) is 0. The molecule has 0 fully saturated rings. The van der Waals surface area contributed by atoms with Crippen molar-refractivity contribution in [3.05, 3.63) is 108 Å². The summed E-state index contributed by atoms with van der Waals surface area (Å²) in [4.78, 5) is 11.0. The molecule has 0 heterocycles. The summed E-state index contributed by atoms with van der Waals surface area (Å²) in [6, 6.07) is 27.6. The van der Waals surface area contributed by atoms with Crippen LogP contribution < -0.4 is 4.31 Å². The van der Waals surface area contributed by atoms with E-state index in [1.807, 2.05) is 66.7 Å². The van der Waals surface area contributed by atoms with Gasteiger partial charge < -0.3 is 9.66 Å². The number of nitrogens with zero attached hydrogens (tertiary/aromatic N) is 1. The van der Waals surface area contributed by atoms with E-state index in [1.54, 1.807) is 24.3 Å². The average molecular weight is 431 g/mol. The number of aryl methyl sites for hydroxylation is 2. The lowest BCUT2D eigenvalue weighted by Crippen LogP contribution is -2.20. The Morgan fingerprint density at radius 3 is 2.26 bits per heavy atom. The van der Waals surface area contributed by atoms with Crippen molar-refractivity contribution in [2.45, 2.75) is 12.8 Å². The van der Waals surface area contributed by atoms with E-state index in [0.29, 0.717) is 17.8 Å². The second-order valence-electron chi connectivity index (χ2n) is 7.18. The highest BCUT2D eigenvalue weighted by Gasteiger charge is 2.14. The van der Waals surface area contributed by atoms with Crippen LogP contribution in [0.4, 0.5) is 11.4 Å². The Hall–Kier alpha value is -3.48. The first kappa shape index (κ1) is 20.8. The summed E-state index contributed by atoms with van der Waals surface area (Å²) < 4.78 is 25.7. The van der Waals surface area contributed by atoms with Gasteiger partial charge in [-0.2, -0.15) is 0 Å². The Balaban J connectivity index is 1.61. The van der Waals surface area contributed by atoms with Crippen LogP contribution in [-0.2, 0) is 24.1 Å². The van der Waals surface area contributed by atoms with Crippen molar-refractivity contribution >= 4 is 39.4 Å².